The molecular weight excluding hydrogens is 190 g/mol. The zero-order chi connectivity index (χ0) is 10.7. The Labute approximate surface area is 92.3 Å². The average molecular weight is 213 g/mol. The number of hydrogen-bond donors (Lipinski definition) is 1. The van der Waals surface area contributed by atoms with Gasteiger partial charge < -0.3 is 15.2 Å². The van der Waals surface area contributed by atoms with Gasteiger partial charge in [0.25, 0.3) is 0 Å². The molecule has 2 aliphatic rings. The van der Waals surface area contributed by atoms with E-state index in [1.165, 1.54) is 6.42 Å². The van der Waals surface area contributed by atoms with Crippen LogP contribution in [0.15, 0.2) is 0 Å². The summed E-state index contributed by atoms with van der Waals surface area (Å²) < 4.78 is 11.4. The molecule has 2 N–H and O–H groups in total. The number of ether oxygens (including phenoxy) is 2. The first-order valence-electron chi connectivity index (χ1n) is 6.23. The monoisotopic (exact) mass is 213 g/mol. The Kier molecular flexibility index (Phi) is 3.65. The molecule has 15 heavy (non-hydrogen) atoms. The van der Waals surface area contributed by atoms with Crippen molar-refractivity contribution in [2.75, 3.05) is 19.8 Å². The molecule has 0 aromatic heterocycles. The number of hydrogen-bond acceptors (Lipinski definition) is 3. The summed E-state index contributed by atoms with van der Waals surface area (Å²) in [4.78, 5) is 0. The molecule has 0 aliphatic carbocycles. The van der Waals surface area contributed by atoms with Gasteiger partial charge in [-0.1, -0.05) is 13.3 Å². The Morgan fingerprint density at radius 2 is 2.33 bits per heavy atom. The van der Waals surface area contributed by atoms with E-state index < -0.39 is 0 Å². The summed E-state index contributed by atoms with van der Waals surface area (Å²) >= 11 is 0. The Bertz CT molecular complexity index is 202. The molecule has 2 aliphatic heterocycles. The molecule has 2 heterocycles. The second kappa shape index (κ2) is 4.81. The van der Waals surface area contributed by atoms with E-state index in [9.17, 15) is 0 Å². The summed E-state index contributed by atoms with van der Waals surface area (Å²) in [5.41, 5.74) is 6.24. The van der Waals surface area contributed by atoms with Gasteiger partial charge >= 0.3 is 0 Å². The van der Waals surface area contributed by atoms with E-state index in [-0.39, 0.29) is 5.60 Å². The van der Waals surface area contributed by atoms with Crippen molar-refractivity contribution in [2.24, 2.45) is 11.7 Å². The topological polar surface area (TPSA) is 44.5 Å². The zero-order valence-corrected chi connectivity index (χ0v) is 9.71. The molecule has 3 nitrogen and oxygen atoms in total. The van der Waals surface area contributed by atoms with Crippen LogP contribution in [0.3, 0.4) is 0 Å². The zero-order valence-electron chi connectivity index (χ0n) is 9.71. The van der Waals surface area contributed by atoms with Crippen LogP contribution in [0.25, 0.3) is 0 Å². The summed E-state index contributed by atoms with van der Waals surface area (Å²) in [5, 5.41) is 0. The predicted molar refractivity (Wildman–Crippen MR) is 59.7 cm³/mol. The van der Waals surface area contributed by atoms with Crippen LogP contribution in [0, 0.1) is 5.92 Å². The van der Waals surface area contributed by atoms with Gasteiger partial charge in [0.05, 0.1) is 12.2 Å². The lowest BCUT2D eigenvalue weighted by Crippen LogP contribution is -2.45. The quantitative estimate of drug-likeness (QED) is 0.776. The average Bonchev–Trinajstić information content (AvgIpc) is 2.67. The van der Waals surface area contributed by atoms with Crippen molar-refractivity contribution in [3.63, 3.8) is 0 Å². The highest BCUT2D eigenvalue weighted by Gasteiger charge is 2.42. The second-order valence-electron chi connectivity index (χ2n) is 5.04. The molecule has 3 unspecified atom stereocenters. The van der Waals surface area contributed by atoms with Crippen molar-refractivity contribution >= 4 is 0 Å². The molecule has 0 bridgehead atoms. The van der Waals surface area contributed by atoms with Gasteiger partial charge in [0.1, 0.15) is 0 Å². The normalized spacial score (nSPS) is 38.4. The SMILES string of the molecule is CCCC(N)C1CCOC2(CCOC2)C1. The van der Waals surface area contributed by atoms with Gasteiger partial charge in [0.15, 0.2) is 0 Å². The summed E-state index contributed by atoms with van der Waals surface area (Å²) in [6.45, 7) is 4.71. The van der Waals surface area contributed by atoms with Gasteiger partial charge in [0, 0.05) is 25.7 Å². The number of nitrogens with two attached hydrogens (primary N) is 1. The molecular formula is C12H23NO2. The summed E-state index contributed by atoms with van der Waals surface area (Å²) in [7, 11) is 0. The second-order valence-corrected chi connectivity index (χ2v) is 5.04. The largest absolute Gasteiger partial charge is 0.378 e. The van der Waals surface area contributed by atoms with Crippen molar-refractivity contribution in [1.29, 1.82) is 0 Å². The Balaban J connectivity index is 1.91. The first kappa shape index (κ1) is 11.4. The van der Waals surface area contributed by atoms with Gasteiger partial charge in [-0.15, -0.1) is 0 Å². The maximum Gasteiger partial charge on any atom is 0.0939 e. The summed E-state index contributed by atoms with van der Waals surface area (Å²) in [6.07, 6.45) is 5.61. The van der Waals surface area contributed by atoms with E-state index in [0.717, 1.165) is 45.5 Å². The lowest BCUT2D eigenvalue weighted by Gasteiger charge is -2.39. The van der Waals surface area contributed by atoms with E-state index in [0.29, 0.717) is 12.0 Å². The molecule has 0 aromatic carbocycles. The smallest absolute Gasteiger partial charge is 0.0939 e. The molecule has 2 saturated heterocycles. The van der Waals surface area contributed by atoms with Crippen molar-refractivity contribution in [1.82, 2.24) is 0 Å². The minimum Gasteiger partial charge on any atom is -0.378 e. The fourth-order valence-corrected chi connectivity index (χ4v) is 2.86. The third-order valence-corrected chi connectivity index (χ3v) is 3.83. The van der Waals surface area contributed by atoms with Gasteiger partial charge in [-0.25, -0.2) is 0 Å². The fraction of sp³-hybridized carbons (Fsp3) is 1.00. The van der Waals surface area contributed by atoms with Crippen molar-refractivity contribution in [2.45, 2.75) is 50.7 Å². The number of rotatable bonds is 3. The lowest BCUT2D eigenvalue weighted by atomic mass is 9.80. The highest BCUT2D eigenvalue weighted by atomic mass is 16.6. The van der Waals surface area contributed by atoms with E-state index >= 15 is 0 Å². The van der Waals surface area contributed by atoms with E-state index in [1.807, 2.05) is 0 Å². The highest BCUT2D eigenvalue weighted by molar-refractivity contribution is 4.92. The van der Waals surface area contributed by atoms with Gasteiger partial charge in [-0.2, -0.15) is 0 Å². The van der Waals surface area contributed by atoms with Crippen molar-refractivity contribution in [3.8, 4) is 0 Å². The molecule has 88 valence electrons. The van der Waals surface area contributed by atoms with E-state index in [4.69, 9.17) is 15.2 Å². The predicted octanol–water partition coefficient (Wildman–Crippen LogP) is 1.70. The lowest BCUT2D eigenvalue weighted by molar-refractivity contribution is -0.101. The molecule has 2 rings (SSSR count). The third-order valence-electron chi connectivity index (χ3n) is 3.83. The molecule has 3 atom stereocenters. The van der Waals surface area contributed by atoms with E-state index in [1.54, 1.807) is 0 Å². The van der Waals surface area contributed by atoms with Crippen molar-refractivity contribution < 1.29 is 9.47 Å². The highest BCUT2D eigenvalue weighted by Crippen LogP contribution is 2.37. The molecule has 0 saturated carbocycles. The molecule has 1 spiro atoms. The minimum atomic E-state index is 0.0221. The van der Waals surface area contributed by atoms with Crippen LogP contribution in [0.4, 0.5) is 0 Å². The summed E-state index contributed by atoms with van der Waals surface area (Å²) in [5.74, 6) is 0.639. The maximum atomic E-state index is 6.21. The molecule has 3 heteroatoms. The molecule has 2 fully saturated rings. The van der Waals surface area contributed by atoms with Crippen molar-refractivity contribution in [3.05, 3.63) is 0 Å². The first-order valence-corrected chi connectivity index (χ1v) is 6.23. The van der Waals surface area contributed by atoms with Gasteiger partial charge in [-0.3, -0.25) is 0 Å². The van der Waals surface area contributed by atoms with Crippen LogP contribution in [0.2, 0.25) is 0 Å². The maximum absolute atomic E-state index is 6.21. The third kappa shape index (κ3) is 2.52. The Morgan fingerprint density at radius 3 is 3.00 bits per heavy atom. The molecule has 0 radical (unpaired) electrons. The van der Waals surface area contributed by atoms with Crippen LogP contribution in [-0.2, 0) is 9.47 Å². The standard InChI is InChI=1S/C12H23NO2/c1-2-3-11(13)10-4-6-15-12(8-10)5-7-14-9-12/h10-11H,2-9,13H2,1H3. The summed E-state index contributed by atoms with van der Waals surface area (Å²) in [6, 6.07) is 0.358. The van der Waals surface area contributed by atoms with Crippen LogP contribution >= 0.6 is 0 Å². The van der Waals surface area contributed by atoms with Crippen LogP contribution < -0.4 is 5.73 Å². The molecule has 0 amide bonds. The van der Waals surface area contributed by atoms with Gasteiger partial charge in [-0.05, 0) is 25.2 Å². The Hall–Kier alpha value is -0.120. The van der Waals surface area contributed by atoms with Crippen LogP contribution in [0.5, 0.6) is 0 Å². The fourth-order valence-electron chi connectivity index (χ4n) is 2.86. The Morgan fingerprint density at radius 1 is 1.47 bits per heavy atom. The van der Waals surface area contributed by atoms with Gasteiger partial charge in [0.2, 0.25) is 0 Å². The minimum absolute atomic E-state index is 0.0221. The molecule has 0 aromatic rings. The van der Waals surface area contributed by atoms with Crippen LogP contribution in [0.1, 0.15) is 39.0 Å². The van der Waals surface area contributed by atoms with Crippen LogP contribution in [-0.4, -0.2) is 31.5 Å². The van der Waals surface area contributed by atoms with E-state index in [2.05, 4.69) is 6.92 Å². The first-order chi connectivity index (χ1) is 7.26.